The standard InChI is InChI=1S/C19H25N5O2/c1-14-12-17(22-26-14)19(25)24-10-4-16(5-11-24)15-2-8-23(9-3-15)18-13-20-6-7-21-18/h6-7,12-13,15-16H,2-5,8-11H2,1H3. The Morgan fingerprint density at radius 2 is 1.77 bits per heavy atom. The summed E-state index contributed by atoms with van der Waals surface area (Å²) in [5.74, 6) is 3.11. The second-order valence-corrected chi connectivity index (χ2v) is 7.34. The minimum Gasteiger partial charge on any atom is -0.361 e. The number of hydrogen-bond donors (Lipinski definition) is 0. The molecule has 0 N–H and O–H groups in total. The van der Waals surface area contributed by atoms with Crippen molar-refractivity contribution in [1.82, 2.24) is 20.0 Å². The third-order valence-corrected chi connectivity index (χ3v) is 5.75. The SMILES string of the molecule is Cc1cc(C(=O)N2CCC(C3CCN(c4cnccn4)CC3)CC2)no1. The smallest absolute Gasteiger partial charge is 0.276 e. The van der Waals surface area contributed by atoms with Gasteiger partial charge in [-0.05, 0) is 44.4 Å². The number of hydrogen-bond acceptors (Lipinski definition) is 6. The van der Waals surface area contributed by atoms with Gasteiger partial charge in [-0.2, -0.15) is 0 Å². The molecule has 7 heteroatoms. The van der Waals surface area contributed by atoms with E-state index in [1.165, 1.54) is 12.8 Å². The average molecular weight is 355 g/mol. The van der Waals surface area contributed by atoms with Gasteiger partial charge in [-0.1, -0.05) is 5.16 Å². The van der Waals surface area contributed by atoms with Crippen LogP contribution in [0.1, 0.15) is 41.9 Å². The number of amides is 1. The summed E-state index contributed by atoms with van der Waals surface area (Å²) in [7, 11) is 0. The molecule has 4 heterocycles. The second kappa shape index (κ2) is 7.43. The highest BCUT2D eigenvalue weighted by Gasteiger charge is 2.32. The van der Waals surface area contributed by atoms with Crippen molar-refractivity contribution in [3.05, 3.63) is 36.1 Å². The number of piperidine rings is 2. The average Bonchev–Trinajstić information content (AvgIpc) is 3.15. The highest BCUT2D eigenvalue weighted by molar-refractivity contribution is 5.92. The summed E-state index contributed by atoms with van der Waals surface area (Å²) < 4.78 is 5.03. The van der Waals surface area contributed by atoms with Crippen LogP contribution >= 0.6 is 0 Å². The fourth-order valence-corrected chi connectivity index (χ4v) is 4.26. The lowest BCUT2D eigenvalue weighted by atomic mass is 9.79. The largest absolute Gasteiger partial charge is 0.361 e. The summed E-state index contributed by atoms with van der Waals surface area (Å²) in [4.78, 5) is 25.3. The van der Waals surface area contributed by atoms with Gasteiger partial charge < -0.3 is 14.3 Å². The van der Waals surface area contributed by atoms with Crippen LogP contribution in [0.15, 0.2) is 29.2 Å². The zero-order chi connectivity index (χ0) is 17.9. The number of carbonyl (C=O) groups is 1. The van der Waals surface area contributed by atoms with Crippen molar-refractivity contribution in [2.75, 3.05) is 31.1 Å². The summed E-state index contributed by atoms with van der Waals surface area (Å²) in [5, 5.41) is 3.85. The topological polar surface area (TPSA) is 75.4 Å². The number of nitrogens with zero attached hydrogens (tertiary/aromatic N) is 5. The van der Waals surface area contributed by atoms with E-state index in [0.29, 0.717) is 17.4 Å². The summed E-state index contributed by atoms with van der Waals surface area (Å²) in [6.45, 7) is 5.53. The predicted octanol–water partition coefficient (Wildman–Crippen LogP) is 2.54. The van der Waals surface area contributed by atoms with Crippen molar-refractivity contribution in [1.29, 1.82) is 0 Å². The van der Waals surface area contributed by atoms with Gasteiger partial charge >= 0.3 is 0 Å². The van der Waals surface area contributed by atoms with Crippen molar-refractivity contribution in [2.45, 2.75) is 32.6 Å². The molecule has 0 spiro atoms. The minimum absolute atomic E-state index is 0.00206. The van der Waals surface area contributed by atoms with E-state index in [1.807, 2.05) is 18.0 Å². The van der Waals surface area contributed by atoms with Gasteiger partial charge in [-0.15, -0.1) is 0 Å². The summed E-state index contributed by atoms with van der Waals surface area (Å²) in [5.41, 5.74) is 0.429. The monoisotopic (exact) mass is 355 g/mol. The van der Waals surface area contributed by atoms with E-state index in [4.69, 9.17) is 4.52 Å². The van der Waals surface area contributed by atoms with Crippen LogP contribution in [0.2, 0.25) is 0 Å². The maximum atomic E-state index is 12.5. The van der Waals surface area contributed by atoms with Crippen LogP contribution in [0.3, 0.4) is 0 Å². The molecule has 0 aliphatic carbocycles. The molecule has 0 radical (unpaired) electrons. The van der Waals surface area contributed by atoms with E-state index in [2.05, 4.69) is 20.0 Å². The van der Waals surface area contributed by atoms with Crippen LogP contribution < -0.4 is 4.90 Å². The number of anilines is 1. The molecule has 2 fully saturated rings. The number of aromatic nitrogens is 3. The molecule has 2 aliphatic heterocycles. The Morgan fingerprint density at radius 1 is 1.08 bits per heavy atom. The van der Waals surface area contributed by atoms with Gasteiger partial charge in [0.25, 0.3) is 5.91 Å². The maximum Gasteiger partial charge on any atom is 0.276 e. The molecule has 26 heavy (non-hydrogen) atoms. The van der Waals surface area contributed by atoms with Crippen molar-refractivity contribution in [2.24, 2.45) is 11.8 Å². The van der Waals surface area contributed by atoms with Crippen LogP contribution in [0.5, 0.6) is 0 Å². The molecule has 2 saturated heterocycles. The molecule has 0 saturated carbocycles. The summed E-state index contributed by atoms with van der Waals surface area (Å²) in [6.07, 6.45) is 9.86. The lowest BCUT2D eigenvalue weighted by Crippen LogP contribution is -2.43. The van der Waals surface area contributed by atoms with Crippen LogP contribution in [0, 0.1) is 18.8 Å². The first kappa shape index (κ1) is 17.0. The molecule has 2 aromatic heterocycles. The van der Waals surface area contributed by atoms with Crippen LogP contribution in [0.25, 0.3) is 0 Å². The van der Waals surface area contributed by atoms with Crippen molar-refractivity contribution >= 4 is 11.7 Å². The predicted molar refractivity (Wildman–Crippen MR) is 96.8 cm³/mol. The van der Waals surface area contributed by atoms with Gasteiger partial charge in [0.1, 0.15) is 11.6 Å². The van der Waals surface area contributed by atoms with Crippen LogP contribution in [-0.4, -0.2) is 52.1 Å². The molecule has 2 aliphatic rings. The first-order chi connectivity index (χ1) is 12.7. The van der Waals surface area contributed by atoms with E-state index in [-0.39, 0.29) is 5.91 Å². The summed E-state index contributed by atoms with van der Waals surface area (Å²) in [6, 6.07) is 1.72. The third-order valence-electron chi connectivity index (χ3n) is 5.75. The molecule has 7 nitrogen and oxygen atoms in total. The number of aryl methyl sites for hydroxylation is 1. The molecule has 0 bridgehead atoms. The van der Waals surface area contributed by atoms with Gasteiger partial charge in [0.2, 0.25) is 0 Å². The summed E-state index contributed by atoms with van der Waals surface area (Å²) >= 11 is 0. The normalized spacial score (nSPS) is 19.7. The minimum atomic E-state index is -0.00206. The van der Waals surface area contributed by atoms with Crippen LogP contribution in [0.4, 0.5) is 5.82 Å². The highest BCUT2D eigenvalue weighted by Crippen LogP contribution is 2.33. The molecule has 0 unspecified atom stereocenters. The first-order valence-corrected chi connectivity index (χ1v) is 9.44. The third kappa shape index (κ3) is 3.57. The maximum absolute atomic E-state index is 12.5. The number of carbonyl (C=O) groups excluding carboxylic acids is 1. The Morgan fingerprint density at radius 3 is 2.35 bits per heavy atom. The van der Waals surface area contributed by atoms with Crippen molar-refractivity contribution in [3.63, 3.8) is 0 Å². The number of likely N-dealkylation sites (tertiary alicyclic amines) is 1. The molecule has 0 atom stereocenters. The quantitative estimate of drug-likeness (QED) is 0.842. The zero-order valence-corrected chi connectivity index (χ0v) is 15.2. The Balaban J connectivity index is 1.27. The molecule has 0 aromatic carbocycles. The van der Waals surface area contributed by atoms with E-state index in [0.717, 1.165) is 50.8 Å². The van der Waals surface area contributed by atoms with Crippen LogP contribution in [-0.2, 0) is 0 Å². The van der Waals surface area contributed by atoms with Crippen molar-refractivity contribution < 1.29 is 9.32 Å². The van der Waals surface area contributed by atoms with E-state index >= 15 is 0 Å². The lowest BCUT2D eigenvalue weighted by Gasteiger charge is -2.40. The Kier molecular flexibility index (Phi) is 4.86. The fourth-order valence-electron chi connectivity index (χ4n) is 4.26. The van der Waals surface area contributed by atoms with Gasteiger partial charge in [-0.3, -0.25) is 9.78 Å². The van der Waals surface area contributed by atoms with Gasteiger partial charge in [0.15, 0.2) is 5.69 Å². The zero-order valence-electron chi connectivity index (χ0n) is 15.2. The molecular formula is C19H25N5O2. The fraction of sp³-hybridized carbons (Fsp3) is 0.579. The van der Waals surface area contributed by atoms with Gasteiger partial charge in [0.05, 0.1) is 6.20 Å². The second-order valence-electron chi connectivity index (χ2n) is 7.34. The molecular weight excluding hydrogens is 330 g/mol. The highest BCUT2D eigenvalue weighted by atomic mass is 16.5. The molecule has 1 amide bonds. The molecule has 2 aromatic rings. The number of rotatable bonds is 3. The Bertz CT molecular complexity index is 731. The van der Waals surface area contributed by atoms with Crippen molar-refractivity contribution in [3.8, 4) is 0 Å². The Hall–Kier alpha value is -2.44. The Labute approximate surface area is 153 Å². The van der Waals surface area contributed by atoms with E-state index < -0.39 is 0 Å². The van der Waals surface area contributed by atoms with Gasteiger partial charge in [-0.25, -0.2) is 4.98 Å². The molecule has 4 rings (SSSR count). The lowest BCUT2D eigenvalue weighted by molar-refractivity contribution is 0.0635. The van der Waals surface area contributed by atoms with E-state index in [1.54, 1.807) is 18.5 Å². The first-order valence-electron chi connectivity index (χ1n) is 9.44. The molecule has 138 valence electrons. The van der Waals surface area contributed by atoms with Gasteiger partial charge in [0, 0.05) is 44.6 Å². The van der Waals surface area contributed by atoms with E-state index in [9.17, 15) is 4.79 Å².